The summed E-state index contributed by atoms with van der Waals surface area (Å²) in [4.78, 5) is 35.8. The van der Waals surface area contributed by atoms with Gasteiger partial charge < -0.3 is 14.2 Å². The predicted molar refractivity (Wildman–Crippen MR) is 125 cm³/mol. The highest BCUT2D eigenvalue weighted by molar-refractivity contribution is 5.92. The average Bonchev–Trinajstić information content (AvgIpc) is 3.60. The van der Waals surface area contributed by atoms with Crippen LogP contribution in [-0.2, 0) is 4.79 Å². The van der Waals surface area contributed by atoms with Crippen LogP contribution in [0.3, 0.4) is 0 Å². The largest absolute Gasteiger partial charge is 0.423 e. The van der Waals surface area contributed by atoms with E-state index in [1.165, 1.54) is 12.1 Å². The molecule has 2 aromatic heterocycles. The van der Waals surface area contributed by atoms with Crippen molar-refractivity contribution in [2.45, 2.75) is 57.9 Å². The molecule has 5 rings (SSSR count). The highest BCUT2D eigenvalue weighted by Crippen LogP contribution is 2.49. The molecule has 1 spiro atoms. The standard InChI is InChI=1S/C25H33FN6O3/c1-17(2)22-28-29-23(35-22)20-13-25(16-32(20)15-21(33)30-9-3-4-10-30)7-11-31(12-8-25)24(34)19-6-5-18(26)14-27-19/h5-6,14,17,20H,3-4,7-13,15-16H2,1-2H3. The zero-order valence-corrected chi connectivity index (χ0v) is 20.5. The third kappa shape index (κ3) is 4.94. The minimum atomic E-state index is -0.457. The van der Waals surface area contributed by atoms with Gasteiger partial charge in [-0.3, -0.25) is 14.5 Å². The van der Waals surface area contributed by atoms with Crippen LogP contribution in [0.5, 0.6) is 0 Å². The van der Waals surface area contributed by atoms with E-state index in [0.29, 0.717) is 31.4 Å². The van der Waals surface area contributed by atoms with Crippen molar-refractivity contribution < 1.29 is 18.4 Å². The van der Waals surface area contributed by atoms with E-state index in [1.54, 1.807) is 4.90 Å². The molecular weight excluding hydrogens is 451 g/mol. The Kier molecular flexibility index (Phi) is 6.57. The summed E-state index contributed by atoms with van der Waals surface area (Å²) >= 11 is 0. The van der Waals surface area contributed by atoms with Gasteiger partial charge in [-0.1, -0.05) is 13.8 Å². The molecule has 3 saturated heterocycles. The molecule has 3 fully saturated rings. The molecule has 3 aliphatic heterocycles. The van der Waals surface area contributed by atoms with E-state index in [9.17, 15) is 14.0 Å². The summed E-state index contributed by atoms with van der Waals surface area (Å²) in [6.45, 7) is 7.99. The number of amides is 2. The van der Waals surface area contributed by atoms with Crippen molar-refractivity contribution in [1.82, 2.24) is 29.9 Å². The molecule has 2 aromatic rings. The Bertz CT molecular complexity index is 1060. The summed E-state index contributed by atoms with van der Waals surface area (Å²) in [5.41, 5.74) is 0.228. The molecular formula is C25H33FN6O3. The molecule has 0 bridgehead atoms. The third-order valence-corrected chi connectivity index (χ3v) is 7.70. The lowest BCUT2D eigenvalue weighted by molar-refractivity contribution is -0.131. The van der Waals surface area contributed by atoms with Crippen LogP contribution in [0.2, 0.25) is 0 Å². The number of halogens is 1. The number of rotatable bonds is 5. The number of carbonyl (C=O) groups excluding carboxylic acids is 2. The maximum Gasteiger partial charge on any atom is 0.272 e. The lowest BCUT2D eigenvalue weighted by atomic mass is 9.76. The molecule has 0 aliphatic carbocycles. The van der Waals surface area contributed by atoms with E-state index >= 15 is 0 Å². The van der Waals surface area contributed by atoms with Gasteiger partial charge in [-0.25, -0.2) is 9.37 Å². The molecule has 0 N–H and O–H groups in total. The Labute approximate surface area is 204 Å². The molecule has 3 aliphatic rings. The topological polar surface area (TPSA) is 95.7 Å². The van der Waals surface area contributed by atoms with Gasteiger partial charge in [0.2, 0.25) is 17.7 Å². The summed E-state index contributed by atoms with van der Waals surface area (Å²) in [7, 11) is 0. The summed E-state index contributed by atoms with van der Waals surface area (Å²) in [6.07, 6.45) is 5.65. The van der Waals surface area contributed by atoms with Gasteiger partial charge in [0.1, 0.15) is 11.5 Å². The number of hydrogen-bond donors (Lipinski definition) is 0. The maximum atomic E-state index is 13.2. The first kappa shape index (κ1) is 23.8. The number of likely N-dealkylation sites (tertiary alicyclic amines) is 3. The van der Waals surface area contributed by atoms with Crippen LogP contribution < -0.4 is 0 Å². The van der Waals surface area contributed by atoms with Crippen LogP contribution in [0.1, 0.15) is 80.2 Å². The minimum absolute atomic E-state index is 0.0323. The number of carbonyl (C=O) groups is 2. The van der Waals surface area contributed by atoms with Gasteiger partial charge in [-0.2, -0.15) is 0 Å². The van der Waals surface area contributed by atoms with Crippen molar-refractivity contribution >= 4 is 11.8 Å². The smallest absolute Gasteiger partial charge is 0.272 e. The van der Waals surface area contributed by atoms with Crippen LogP contribution in [-0.4, -0.2) is 81.0 Å². The second-order valence-corrected chi connectivity index (χ2v) is 10.5. The van der Waals surface area contributed by atoms with Crippen molar-refractivity contribution in [3.05, 3.63) is 41.6 Å². The van der Waals surface area contributed by atoms with Crippen molar-refractivity contribution in [3.63, 3.8) is 0 Å². The van der Waals surface area contributed by atoms with Crippen LogP contribution in [0.4, 0.5) is 4.39 Å². The Hall–Kier alpha value is -2.88. The molecule has 2 amide bonds. The van der Waals surface area contributed by atoms with Gasteiger partial charge in [0.05, 0.1) is 18.8 Å². The Balaban J connectivity index is 1.30. The van der Waals surface area contributed by atoms with Gasteiger partial charge in [0.25, 0.3) is 5.91 Å². The number of piperidine rings is 1. The highest BCUT2D eigenvalue weighted by atomic mass is 19.1. The minimum Gasteiger partial charge on any atom is -0.423 e. The van der Waals surface area contributed by atoms with E-state index in [1.807, 2.05) is 18.7 Å². The van der Waals surface area contributed by atoms with Gasteiger partial charge in [-0.05, 0) is 49.7 Å². The number of hydrogen-bond acceptors (Lipinski definition) is 7. The van der Waals surface area contributed by atoms with Crippen molar-refractivity contribution in [2.24, 2.45) is 5.41 Å². The summed E-state index contributed by atoms with van der Waals surface area (Å²) in [6, 6.07) is 2.59. The fraction of sp³-hybridized carbons (Fsp3) is 0.640. The molecule has 188 valence electrons. The molecule has 0 aromatic carbocycles. The Morgan fingerprint density at radius 1 is 1.11 bits per heavy atom. The van der Waals surface area contributed by atoms with Crippen molar-refractivity contribution in [1.29, 1.82) is 0 Å². The van der Waals surface area contributed by atoms with E-state index in [0.717, 1.165) is 57.9 Å². The van der Waals surface area contributed by atoms with Crippen LogP contribution >= 0.6 is 0 Å². The fourth-order valence-corrected chi connectivity index (χ4v) is 5.62. The lowest BCUT2D eigenvalue weighted by Gasteiger charge is -2.39. The molecule has 0 saturated carbocycles. The SMILES string of the molecule is CC(C)c1nnc(C2CC3(CCN(C(=O)c4ccc(F)cn4)CC3)CN2CC(=O)N2CCCC2)o1. The predicted octanol–water partition coefficient (Wildman–Crippen LogP) is 3.02. The molecule has 9 nitrogen and oxygen atoms in total. The summed E-state index contributed by atoms with van der Waals surface area (Å²) < 4.78 is 19.2. The van der Waals surface area contributed by atoms with E-state index in [2.05, 4.69) is 20.1 Å². The highest BCUT2D eigenvalue weighted by Gasteiger charge is 2.49. The van der Waals surface area contributed by atoms with Crippen molar-refractivity contribution in [2.75, 3.05) is 39.3 Å². The molecule has 1 unspecified atom stereocenters. The van der Waals surface area contributed by atoms with Crippen LogP contribution in [0, 0.1) is 11.2 Å². The number of pyridine rings is 1. The van der Waals surface area contributed by atoms with Crippen molar-refractivity contribution in [3.8, 4) is 0 Å². The van der Waals surface area contributed by atoms with Gasteiger partial charge in [0, 0.05) is 38.6 Å². The average molecular weight is 485 g/mol. The number of aromatic nitrogens is 3. The van der Waals surface area contributed by atoms with E-state index < -0.39 is 5.82 Å². The van der Waals surface area contributed by atoms with Gasteiger partial charge >= 0.3 is 0 Å². The van der Waals surface area contributed by atoms with Crippen LogP contribution in [0.15, 0.2) is 22.7 Å². The van der Waals surface area contributed by atoms with Crippen LogP contribution in [0.25, 0.3) is 0 Å². The molecule has 35 heavy (non-hydrogen) atoms. The molecule has 1 atom stereocenters. The first-order chi connectivity index (χ1) is 16.8. The first-order valence-electron chi connectivity index (χ1n) is 12.6. The van der Waals surface area contributed by atoms with Gasteiger partial charge in [-0.15, -0.1) is 10.2 Å². The number of nitrogens with zero attached hydrogens (tertiary/aromatic N) is 6. The third-order valence-electron chi connectivity index (χ3n) is 7.70. The maximum absolute atomic E-state index is 13.2. The zero-order chi connectivity index (χ0) is 24.6. The molecule has 10 heteroatoms. The first-order valence-corrected chi connectivity index (χ1v) is 12.6. The Morgan fingerprint density at radius 3 is 2.49 bits per heavy atom. The normalized spacial score (nSPS) is 22.5. The summed E-state index contributed by atoms with van der Waals surface area (Å²) in [5.74, 6) is 0.854. The fourth-order valence-electron chi connectivity index (χ4n) is 5.62. The lowest BCUT2D eigenvalue weighted by Crippen LogP contribution is -2.45. The van der Waals surface area contributed by atoms with E-state index in [4.69, 9.17) is 4.42 Å². The second kappa shape index (κ2) is 9.64. The molecule has 5 heterocycles. The zero-order valence-electron chi connectivity index (χ0n) is 20.5. The summed E-state index contributed by atoms with van der Waals surface area (Å²) in [5, 5.41) is 8.59. The quantitative estimate of drug-likeness (QED) is 0.644. The second-order valence-electron chi connectivity index (χ2n) is 10.5. The van der Waals surface area contributed by atoms with E-state index in [-0.39, 0.29) is 34.9 Å². The monoisotopic (exact) mass is 484 g/mol. The Morgan fingerprint density at radius 2 is 1.86 bits per heavy atom. The van der Waals surface area contributed by atoms with Gasteiger partial charge in [0.15, 0.2) is 0 Å². The molecule has 0 radical (unpaired) electrons.